The van der Waals surface area contributed by atoms with Crippen LogP contribution >= 0.6 is 0 Å². The number of Topliss-reactive ketones (excluding diaryl/α,β-unsaturated/α-hetero) is 1. The van der Waals surface area contributed by atoms with Crippen LogP contribution in [0.2, 0.25) is 0 Å². The van der Waals surface area contributed by atoms with E-state index in [9.17, 15) is 9.59 Å². The van der Waals surface area contributed by atoms with Crippen molar-refractivity contribution in [2.45, 2.75) is 53.1 Å². The highest BCUT2D eigenvalue weighted by Gasteiger charge is 2.16. The Kier molecular flexibility index (Phi) is 5.94. The first-order valence-electron chi connectivity index (χ1n) is 7.29. The van der Waals surface area contributed by atoms with Crippen molar-refractivity contribution < 1.29 is 14.3 Å². The Morgan fingerprint density at radius 3 is 2.19 bits per heavy atom. The van der Waals surface area contributed by atoms with Crippen LogP contribution in [0.3, 0.4) is 0 Å². The first kappa shape index (κ1) is 17.2. The van der Waals surface area contributed by atoms with Crippen molar-refractivity contribution in [2.24, 2.45) is 5.92 Å². The molecule has 0 saturated carbocycles. The third kappa shape index (κ3) is 6.93. The van der Waals surface area contributed by atoms with Crippen LogP contribution < -0.4 is 5.32 Å². The van der Waals surface area contributed by atoms with Gasteiger partial charge in [0.15, 0.2) is 0 Å². The molecule has 0 fully saturated rings. The third-order valence-electron chi connectivity index (χ3n) is 2.90. The Hall–Kier alpha value is -1.84. The van der Waals surface area contributed by atoms with Crippen LogP contribution in [-0.2, 0) is 16.0 Å². The molecule has 0 unspecified atom stereocenters. The minimum absolute atomic E-state index is 0.0816. The highest BCUT2D eigenvalue weighted by molar-refractivity contribution is 5.84. The molecule has 0 aliphatic carbocycles. The van der Waals surface area contributed by atoms with Crippen molar-refractivity contribution in [2.75, 3.05) is 5.32 Å². The van der Waals surface area contributed by atoms with Gasteiger partial charge in [-0.1, -0.05) is 26.0 Å². The quantitative estimate of drug-likeness (QED) is 0.885. The zero-order valence-corrected chi connectivity index (χ0v) is 13.5. The summed E-state index contributed by atoms with van der Waals surface area (Å²) in [5.74, 6) is 0.351. The number of ketones is 1. The number of hydrogen-bond acceptors (Lipinski definition) is 3. The van der Waals surface area contributed by atoms with Crippen molar-refractivity contribution in [1.29, 1.82) is 0 Å². The predicted molar refractivity (Wildman–Crippen MR) is 84.5 cm³/mol. The molecule has 0 aromatic heterocycles. The molecule has 4 heteroatoms. The molecule has 0 aliphatic rings. The van der Waals surface area contributed by atoms with Crippen LogP contribution in [0.1, 0.15) is 46.6 Å². The number of hydrogen-bond donors (Lipinski definition) is 1. The van der Waals surface area contributed by atoms with Crippen LogP contribution in [-0.4, -0.2) is 17.5 Å². The van der Waals surface area contributed by atoms with Gasteiger partial charge in [-0.2, -0.15) is 0 Å². The maximum absolute atomic E-state index is 11.6. The van der Waals surface area contributed by atoms with Gasteiger partial charge < -0.3 is 4.74 Å². The number of rotatable bonds is 5. The van der Waals surface area contributed by atoms with Gasteiger partial charge in [0.25, 0.3) is 0 Å². The van der Waals surface area contributed by atoms with E-state index < -0.39 is 11.7 Å². The van der Waals surface area contributed by atoms with Gasteiger partial charge >= 0.3 is 6.09 Å². The molecular formula is C17H25NO3. The number of carbonyl (C=O) groups excluding carboxylic acids is 2. The number of ether oxygens (including phenoxy) is 1. The highest BCUT2D eigenvalue weighted by Crippen LogP contribution is 2.14. The number of anilines is 1. The standard InChI is InChI=1S/C17H25NO3/c1-12(2)15(19)11-8-13-6-9-14(10-7-13)18-16(20)21-17(3,4)5/h6-7,9-10,12H,8,11H2,1-5H3,(H,18,20). The van der Waals surface area contributed by atoms with E-state index in [0.717, 1.165) is 12.0 Å². The molecule has 0 saturated heterocycles. The summed E-state index contributed by atoms with van der Waals surface area (Å²) in [6, 6.07) is 7.47. The van der Waals surface area contributed by atoms with Gasteiger partial charge in [0, 0.05) is 18.0 Å². The Morgan fingerprint density at radius 1 is 1.14 bits per heavy atom. The molecule has 0 bridgehead atoms. The van der Waals surface area contributed by atoms with Crippen molar-refractivity contribution in [3.63, 3.8) is 0 Å². The van der Waals surface area contributed by atoms with E-state index in [1.54, 1.807) is 0 Å². The van der Waals surface area contributed by atoms with E-state index in [4.69, 9.17) is 4.74 Å². The van der Waals surface area contributed by atoms with Gasteiger partial charge in [-0.05, 0) is 44.9 Å². The Balaban J connectivity index is 2.51. The number of nitrogens with one attached hydrogen (secondary N) is 1. The second-order valence-corrected chi connectivity index (χ2v) is 6.44. The van der Waals surface area contributed by atoms with Gasteiger partial charge in [0.05, 0.1) is 0 Å². The zero-order chi connectivity index (χ0) is 16.0. The smallest absolute Gasteiger partial charge is 0.412 e. The second-order valence-electron chi connectivity index (χ2n) is 6.44. The summed E-state index contributed by atoms with van der Waals surface area (Å²) in [5, 5.41) is 2.68. The first-order valence-corrected chi connectivity index (χ1v) is 7.29. The SMILES string of the molecule is CC(C)C(=O)CCc1ccc(NC(=O)OC(C)(C)C)cc1. The van der Waals surface area contributed by atoms with E-state index in [0.29, 0.717) is 12.1 Å². The van der Waals surface area contributed by atoms with E-state index in [2.05, 4.69) is 5.32 Å². The van der Waals surface area contributed by atoms with Gasteiger partial charge in [-0.25, -0.2) is 4.79 Å². The lowest BCUT2D eigenvalue weighted by molar-refractivity contribution is -0.121. The molecule has 1 aromatic carbocycles. The molecule has 0 atom stereocenters. The Morgan fingerprint density at radius 2 is 1.71 bits per heavy atom. The maximum atomic E-state index is 11.6. The Bertz CT molecular complexity index is 484. The zero-order valence-electron chi connectivity index (χ0n) is 13.5. The minimum Gasteiger partial charge on any atom is -0.444 e. The normalized spacial score (nSPS) is 11.3. The molecule has 21 heavy (non-hydrogen) atoms. The van der Waals surface area contributed by atoms with E-state index in [-0.39, 0.29) is 11.7 Å². The fourth-order valence-corrected chi connectivity index (χ4v) is 1.73. The van der Waals surface area contributed by atoms with E-state index >= 15 is 0 Å². The fraction of sp³-hybridized carbons (Fsp3) is 0.529. The molecule has 0 spiro atoms. The summed E-state index contributed by atoms with van der Waals surface area (Å²) in [7, 11) is 0. The molecule has 1 amide bonds. The van der Waals surface area contributed by atoms with E-state index in [1.807, 2.05) is 58.9 Å². The highest BCUT2D eigenvalue weighted by atomic mass is 16.6. The van der Waals surface area contributed by atoms with Crippen LogP contribution in [0.4, 0.5) is 10.5 Å². The molecule has 0 aliphatic heterocycles. The van der Waals surface area contributed by atoms with Gasteiger partial charge in [-0.15, -0.1) is 0 Å². The molecule has 1 N–H and O–H groups in total. The summed E-state index contributed by atoms with van der Waals surface area (Å²) in [4.78, 5) is 23.2. The van der Waals surface area contributed by atoms with Crippen molar-refractivity contribution in [3.05, 3.63) is 29.8 Å². The maximum Gasteiger partial charge on any atom is 0.412 e. The topological polar surface area (TPSA) is 55.4 Å². The monoisotopic (exact) mass is 291 g/mol. The Labute approximate surface area is 126 Å². The molecule has 1 rings (SSSR count). The average Bonchev–Trinajstić information content (AvgIpc) is 2.35. The van der Waals surface area contributed by atoms with Crippen LogP contribution in [0, 0.1) is 5.92 Å². The summed E-state index contributed by atoms with van der Waals surface area (Å²) in [5.41, 5.74) is 1.25. The van der Waals surface area contributed by atoms with Gasteiger partial charge in [0.2, 0.25) is 0 Å². The molecule has 1 aromatic rings. The summed E-state index contributed by atoms with van der Waals surface area (Å²) >= 11 is 0. The number of benzene rings is 1. The molecular weight excluding hydrogens is 266 g/mol. The fourth-order valence-electron chi connectivity index (χ4n) is 1.73. The van der Waals surface area contributed by atoms with Gasteiger partial charge in [-0.3, -0.25) is 10.1 Å². The summed E-state index contributed by atoms with van der Waals surface area (Å²) in [6.45, 7) is 9.29. The van der Waals surface area contributed by atoms with E-state index in [1.165, 1.54) is 0 Å². The number of aryl methyl sites for hydroxylation is 1. The number of carbonyl (C=O) groups is 2. The predicted octanol–water partition coefficient (Wildman–Crippen LogP) is 4.19. The van der Waals surface area contributed by atoms with Crippen molar-refractivity contribution in [3.8, 4) is 0 Å². The lowest BCUT2D eigenvalue weighted by Crippen LogP contribution is -2.27. The lowest BCUT2D eigenvalue weighted by atomic mass is 10.0. The summed E-state index contributed by atoms with van der Waals surface area (Å²) < 4.78 is 5.18. The molecule has 0 heterocycles. The lowest BCUT2D eigenvalue weighted by Gasteiger charge is -2.19. The molecule has 4 nitrogen and oxygen atoms in total. The minimum atomic E-state index is -0.513. The molecule has 116 valence electrons. The van der Waals surface area contributed by atoms with Crippen LogP contribution in [0.15, 0.2) is 24.3 Å². The molecule has 0 radical (unpaired) electrons. The van der Waals surface area contributed by atoms with Crippen molar-refractivity contribution in [1.82, 2.24) is 0 Å². The van der Waals surface area contributed by atoms with Crippen molar-refractivity contribution >= 4 is 17.6 Å². The van der Waals surface area contributed by atoms with Gasteiger partial charge in [0.1, 0.15) is 11.4 Å². The largest absolute Gasteiger partial charge is 0.444 e. The third-order valence-corrected chi connectivity index (χ3v) is 2.90. The summed E-state index contributed by atoms with van der Waals surface area (Å²) in [6.07, 6.45) is 0.811. The average molecular weight is 291 g/mol. The van der Waals surface area contributed by atoms with Crippen LogP contribution in [0.25, 0.3) is 0 Å². The second kappa shape index (κ2) is 7.25. The number of amides is 1. The van der Waals surface area contributed by atoms with Crippen LogP contribution in [0.5, 0.6) is 0 Å². The first-order chi connectivity index (χ1) is 9.67.